The number of nitrogens with zero attached hydrogens (tertiary/aromatic N) is 5. The molecule has 0 saturated heterocycles. The van der Waals surface area contributed by atoms with Gasteiger partial charge in [-0.1, -0.05) is 58.4 Å². The number of hydrogen-bond acceptors (Lipinski definition) is 29. The number of nitrogen functional groups attached to an aromatic ring is 2. The van der Waals surface area contributed by atoms with Crippen LogP contribution < -0.4 is 11.5 Å². The number of thioether (sulfide) groups is 2. The largest absolute Gasteiger partial charge is 0.399 e. The first-order valence-corrected chi connectivity index (χ1v) is 44.0. The number of non-ortho nitro benzene ring substituents is 5. The summed E-state index contributed by atoms with van der Waals surface area (Å²) >= 11 is 9.69. The molecule has 0 fully saturated rings. The molecule has 0 aliphatic carbocycles. The molecular formula is C56H62BrN7O24S10. The first-order valence-electron chi connectivity index (χ1n) is 26.7. The minimum atomic E-state index is -3.72. The Bertz CT molecular complexity index is 4820. The smallest absolute Gasteiger partial charge is 0.270 e. The molecule has 0 spiro atoms. The zero-order valence-corrected chi connectivity index (χ0v) is 62.4. The second-order valence-electron chi connectivity index (χ2n) is 20.8. The number of nitro benzene ring substituents is 5. The SMILES string of the molecule is CS(=O)(=O)c1cc(N)ccc1CSCc1ccc(N)cc1S(C)(=O)=O.CS(=O)(=O)c1cc([N+](=O)[O-])ccc1CBr.CS(=O)(=O)c1cc([N+](=O)[O-])ccc1CS.CS(=O)(=O)c1cc([N+](=O)[O-])ccc1CSCc1ccc([N+](=O)[O-])cc1S(C)(=O)=O.Cc1ccc([N+](=O)[O-])cc1S(C)(=O)=O. The minimum absolute atomic E-state index is 0.00595. The Balaban J connectivity index is 0.000000330. The van der Waals surface area contributed by atoms with Crippen LogP contribution in [0.4, 0.5) is 39.8 Å². The van der Waals surface area contributed by atoms with Crippen molar-refractivity contribution in [1.82, 2.24) is 0 Å². The first kappa shape index (κ1) is 84.5. The number of alkyl halides is 1. The third-order valence-corrected chi connectivity index (χ3v) is 24.1. The predicted molar refractivity (Wildman–Crippen MR) is 379 cm³/mol. The lowest BCUT2D eigenvalue weighted by molar-refractivity contribution is -0.385. The molecule has 31 nitrogen and oxygen atoms in total. The van der Waals surface area contributed by atoms with E-state index in [0.717, 1.165) is 74.1 Å². The van der Waals surface area contributed by atoms with E-state index in [9.17, 15) is 109 Å². The molecule has 0 aliphatic rings. The second-order valence-corrected chi connectivity index (χ2v) is 37.6. The van der Waals surface area contributed by atoms with Crippen LogP contribution in [0.25, 0.3) is 0 Å². The number of aryl methyl sites for hydroxylation is 1. The van der Waals surface area contributed by atoms with Crippen LogP contribution in [0.5, 0.6) is 0 Å². The fourth-order valence-electron chi connectivity index (χ4n) is 8.20. The fraction of sp³-hybridized carbons (Fsp3) is 0.250. The number of benzene rings is 7. The Morgan fingerprint density at radius 1 is 0.337 bits per heavy atom. The Morgan fingerprint density at radius 3 is 0.786 bits per heavy atom. The molecule has 532 valence electrons. The van der Waals surface area contributed by atoms with Gasteiger partial charge in [0.05, 0.1) is 58.9 Å². The van der Waals surface area contributed by atoms with Crippen molar-refractivity contribution >= 4 is 161 Å². The summed E-state index contributed by atoms with van der Waals surface area (Å²) in [6.07, 6.45) is 7.22. The highest BCUT2D eigenvalue weighted by molar-refractivity contribution is 9.08. The third-order valence-electron chi connectivity index (χ3n) is 12.8. The van der Waals surface area contributed by atoms with E-state index in [-0.39, 0.29) is 80.0 Å². The van der Waals surface area contributed by atoms with Crippen molar-refractivity contribution in [3.8, 4) is 0 Å². The first-order chi connectivity index (χ1) is 44.8. The molecule has 0 radical (unpaired) electrons. The van der Waals surface area contributed by atoms with E-state index in [1.807, 2.05) is 0 Å². The van der Waals surface area contributed by atoms with E-state index in [1.165, 1.54) is 96.3 Å². The fourth-order valence-corrected chi connectivity index (χ4v) is 18.4. The van der Waals surface area contributed by atoms with Gasteiger partial charge in [0.15, 0.2) is 68.9 Å². The molecular weight excluding hydrogens is 1560 g/mol. The van der Waals surface area contributed by atoms with Gasteiger partial charge in [-0.25, -0.2) is 58.9 Å². The molecule has 0 unspecified atom stereocenters. The zero-order chi connectivity index (χ0) is 75.0. The summed E-state index contributed by atoms with van der Waals surface area (Å²) in [6.45, 7) is 1.60. The van der Waals surface area contributed by atoms with E-state index >= 15 is 0 Å². The molecule has 42 heteroatoms. The van der Waals surface area contributed by atoms with Crippen LogP contribution in [0, 0.1) is 57.5 Å². The van der Waals surface area contributed by atoms with Crippen LogP contribution in [-0.4, -0.2) is 127 Å². The minimum Gasteiger partial charge on any atom is -0.399 e. The van der Waals surface area contributed by atoms with Gasteiger partial charge in [0, 0.05) is 150 Å². The summed E-state index contributed by atoms with van der Waals surface area (Å²) in [5, 5.41) is 53.5. The number of nitro groups is 5. The molecule has 0 bridgehead atoms. The van der Waals surface area contributed by atoms with Crippen molar-refractivity contribution in [3.05, 3.63) is 217 Å². The van der Waals surface area contributed by atoms with Gasteiger partial charge < -0.3 is 11.5 Å². The molecule has 0 amide bonds. The molecule has 0 saturated carbocycles. The monoisotopic (exact) mass is 1620 g/mol. The van der Waals surface area contributed by atoms with Gasteiger partial charge in [0.1, 0.15) is 0 Å². The number of hydrogen-bond donors (Lipinski definition) is 3. The van der Waals surface area contributed by atoms with Gasteiger partial charge >= 0.3 is 0 Å². The van der Waals surface area contributed by atoms with Crippen LogP contribution in [0.3, 0.4) is 0 Å². The van der Waals surface area contributed by atoms with Gasteiger partial charge in [0.2, 0.25) is 0 Å². The predicted octanol–water partition coefficient (Wildman–Crippen LogP) is 9.46. The van der Waals surface area contributed by atoms with Gasteiger partial charge in [-0.05, 0) is 70.1 Å². The lowest BCUT2D eigenvalue weighted by Gasteiger charge is -2.11. The maximum atomic E-state index is 12.0. The van der Waals surface area contributed by atoms with Crippen molar-refractivity contribution in [1.29, 1.82) is 0 Å². The zero-order valence-electron chi connectivity index (χ0n) is 52.6. The van der Waals surface area contributed by atoms with Crippen LogP contribution in [0.2, 0.25) is 0 Å². The molecule has 98 heavy (non-hydrogen) atoms. The number of nitrogens with two attached hydrogens (primary N) is 2. The highest BCUT2D eigenvalue weighted by Crippen LogP contribution is 2.33. The van der Waals surface area contributed by atoms with E-state index < -0.39 is 93.5 Å². The van der Waals surface area contributed by atoms with Crippen molar-refractivity contribution in [3.63, 3.8) is 0 Å². The molecule has 0 aromatic heterocycles. The van der Waals surface area contributed by atoms with E-state index in [4.69, 9.17) is 11.5 Å². The summed E-state index contributed by atoms with van der Waals surface area (Å²) in [6, 6.07) is 27.9. The number of thiol groups is 1. The van der Waals surface area contributed by atoms with Crippen molar-refractivity contribution < 1.29 is 83.5 Å². The Hall–Kier alpha value is -7.68. The van der Waals surface area contributed by atoms with Crippen LogP contribution >= 0.6 is 52.1 Å². The van der Waals surface area contributed by atoms with Crippen molar-refractivity contribution in [2.75, 3.05) is 55.3 Å². The van der Waals surface area contributed by atoms with Gasteiger partial charge in [0.25, 0.3) is 28.4 Å². The van der Waals surface area contributed by atoms with Gasteiger partial charge in [-0.3, -0.25) is 50.6 Å². The maximum Gasteiger partial charge on any atom is 0.270 e. The summed E-state index contributed by atoms with van der Waals surface area (Å²) in [5.41, 5.74) is 14.2. The average molecular weight is 1620 g/mol. The average Bonchev–Trinajstić information content (AvgIpc) is 0.845. The van der Waals surface area contributed by atoms with E-state index in [0.29, 0.717) is 67.2 Å². The standard InChI is InChI=1S/C16H16N2O8S3.C16H20N2O4S3.C8H8BrNO4S.C8H9NO4S2.C8H9NO4S/c1-28(23,24)15-7-13(17(19)20)5-3-11(15)9-27-10-12-4-6-14(18(21)22)8-16(12)29(2,25)26;1-24(19,20)15-7-13(17)5-3-11(15)9-23-10-12-4-6-14(18)8-16(12)25(2,21)22;1-15(13,14)8-4-7(10(11)12)3-2-6(8)5-9;1-15(12,13)8-4-7(9(10)11)3-2-6(8)5-14;1-6-3-4-7(9(10)11)5-8(6)14(2,12)13/h3-8H,9-10H2,1-2H3;3-8H,9-10,17-18H2,1-2H3;2-4H,5H2,1H3;2-4,14H,5H2,1H3;3-5H,1-2H3. The van der Waals surface area contributed by atoms with Crippen LogP contribution in [0.1, 0.15) is 38.9 Å². The molecule has 0 atom stereocenters. The summed E-state index contributed by atoms with van der Waals surface area (Å²) < 4.78 is 163. The third kappa shape index (κ3) is 25.9. The van der Waals surface area contributed by atoms with Gasteiger partial charge in [-0.2, -0.15) is 36.2 Å². The topological polar surface area (TPSA) is 507 Å². The van der Waals surface area contributed by atoms with Gasteiger partial charge in [-0.15, -0.1) is 0 Å². The Kier molecular flexibility index (Phi) is 30.1. The highest BCUT2D eigenvalue weighted by atomic mass is 79.9. The molecule has 7 aromatic rings. The molecule has 0 heterocycles. The summed E-state index contributed by atoms with van der Waals surface area (Å²) in [4.78, 5) is 49.9. The summed E-state index contributed by atoms with van der Waals surface area (Å²) in [7, 11) is -24.5. The highest BCUT2D eigenvalue weighted by Gasteiger charge is 2.24. The second kappa shape index (κ2) is 34.9. The van der Waals surface area contributed by atoms with Crippen LogP contribution in [0.15, 0.2) is 162 Å². The quantitative estimate of drug-likeness (QED) is 0.0187. The number of halogens is 1. The van der Waals surface area contributed by atoms with E-state index in [2.05, 4.69) is 28.6 Å². The Labute approximate surface area is 586 Å². The normalized spacial score (nSPS) is 11.7. The van der Waals surface area contributed by atoms with E-state index in [1.54, 1.807) is 31.2 Å². The molecule has 7 aromatic carbocycles. The molecule has 0 aliphatic heterocycles. The van der Waals surface area contributed by atoms with Crippen LogP contribution in [-0.2, 0) is 103 Å². The summed E-state index contributed by atoms with van der Waals surface area (Å²) in [5.74, 6) is 1.33. The maximum absolute atomic E-state index is 12.0. The number of anilines is 2. The molecule has 4 N–H and O–H groups in total. The Morgan fingerprint density at radius 2 is 0.541 bits per heavy atom. The number of sulfone groups is 7. The lowest BCUT2D eigenvalue weighted by Crippen LogP contribution is -2.04. The van der Waals surface area contributed by atoms with Crippen molar-refractivity contribution in [2.45, 2.75) is 75.3 Å². The van der Waals surface area contributed by atoms with Crippen molar-refractivity contribution in [2.24, 2.45) is 0 Å². The lowest BCUT2D eigenvalue weighted by atomic mass is 10.2. The molecule has 7 rings (SSSR count). The number of rotatable bonds is 22.